The maximum absolute atomic E-state index is 14.9. The Hall–Kier alpha value is -2.02. The van der Waals surface area contributed by atoms with E-state index in [9.17, 15) is 17.6 Å². The van der Waals surface area contributed by atoms with Crippen molar-refractivity contribution in [1.82, 2.24) is 0 Å². The van der Waals surface area contributed by atoms with E-state index in [4.69, 9.17) is 14.2 Å². The number of ether oxygens (including phenoxy) is 3. The maximum Gasteiger partial charge on any atom is 0.201 e. The van der Waals surface area contributed by atoms with Gasteiger partial charge in [-0.1, -0.05) is 26.2 Å². The predicted molar refractivity (Wildman–Crippen MR) is 159 cm³/mol. The smallest absolute Gasteiger partial charge is 0.201 e. The lowest BCUT2D eigenvalue weighted by atomic mass is 9.66. The fraction of sp³-hybridized carbons (Fsp3) is 0.714. The van der Waals surface area contributed by atoms with Crippen molar-refractivity contribution in [3.05, 3.63) is 46.7 Å². The molecule has 4 atom stereocenters. The van der Waals surface area contributed by atoms with Crippen molar-refractivity contribution < 1.29 is 31.8 Å². The molecular weight excluding hydrogens is 544 g/mol. The number of hydrogen-bond acceptors (Lipinski definition) is 3. The van der Waals surface area contributed by atoms with Crippen LogP contribution >= 0.6 is 0 Å². The minimum Gasteiger partial charge on any atom is -0.495 e. The average Bonchev–Trinajstić information content (AvgIpc) is 3.00. The van der Waals surface area contributed by atoms with E-state index in [2.05, 4.69) is 6.92 Å². The molecule has 3 nitrogen and oxygen atoms in total. The summed E-state index contributed by atoms with van der Waals surface area (Å²) in [6.45, 7) is 7.80. The standard InChI is InChI=1S/C35H50F4O3/c1-5-7-24-12-13-28-19-29(15-14-27(28)18-24)42-21-26-10-8-25(9-11-26)20-41-23(4)33(37)32(36)22(3)30-16-17-31(40-6-2)35(39)34(30)38/h16-17,24-29H,5-15,18-21H2,1-4H3/b32-22-,33-23-. The molecule has 0 radical (unpaired) electrons. The molecular formula is C35H50F4O3. The van der Waals surface area contributed by atoms with Crippen LogP contribution in [0.1, 0.15) is 110 Å². The highest BCUT2D eigenvalue weighted by molar-refractivity contribution is 5.69. The first-order valence-electron chi connectivity index (χ1n) is 16.3. The van der Waals surface area contributed by atoms with E-state index in [1.54, 1.807) is 6.92 Å². The summed E-state index contributed by atoms with van der Waals surface area (Å²) in [5.74, 6) is -1.90. The Bertz CT molecular complexity index is 1090. The quantitative estimate of drug-likeness (QED) is 0.137. The molecule has 0 spiro atoms. The summed E-state index contributed by atoms with van der Waals surface area (Å²) in [5.41, 5.74) is -0.697. The van der Waals surface area contributed by atoms with Gasteiger partial charge in [0.1, 0.15) is 5.76 Å². The third-order valence-corrected chi connectivity index (χ3v) is 10.0. The lowest BCUT2D eigenvalue weighted by molar-refractivity contribution is -0.0391. The molecule has 3 aliphatic carbocycles. The van der Waals surface area contributed by atoms with Gasteiger partial charge >= 0.3 is 0 Å². The van der Waals surface area contributed by atoms with Crippen LogP contribution in [0.4, 0.5) is 17.6 Å². The van der Waals surface area contributed by atoms with Crippen molar-refractivity contribution in [2.24, 2.45) is 29.6 Å². The molecule has 3 saturated carbocycles. The lowest BCUT2D eigenvalue weighted by Gasteiger charge is -2.42. The van der Waals surface area contributed by atoms with Crippen LogP contribution in [0, 0.1) is 41.2 Å². The van der Waals surface area contributed by atoms with Crippen LogP contribution in [-0.4, -0.2) is 25.9 Å². The van der Waals surface area contributed by atoms with Crippen molar-refractivity contribution in [1.29, 1.82) is 0 Å². The molecule has 4 rings (SSSR count). The zero-order valence-corrected chi connectivity index (χ0v) is 26.0. The molecule has 7 heteroatoms. The Balaban J connectivity index is 1.20. The summed E-state index contributed by atoms with van der Waals surface area (Å²) >= 11 is 0. The van der Waals surface area contributed by atoms with Crippen molar-refractivity contribution in [2.75, 3.05) is 19.8 Å². The average molecular weight is 595 g/mol. The van der Waals surface area contributed by atoms with E-state index in [1.807, 2.05) is 0 Å². The Morgan fingerprint density at radius 2 is 1.40 bits per heavy atom. The van der Waals surface area contributed by atoms with Crippen molar-refractivity contribution in [2.45, 2.75) is 111 Å². The largest absolute Gasteiger partial charge is 0.495 e. The number of hydrogen-bond donors (Lipinski definition) is 0. The van der Waals surface area contributed by atoms with E-state index < -0.39 is 23.3 Å². The Kier molecular flexibility index (Phi) is 12.2. The van der Waals surface area contributed by atoms with Gasteiger partial charge in [-0.2, -0.15) is 4.39 Å². The lowest BCUT2D eigenvalue weighted by Crippen LogP contribution is -2.35. The minimum absolute atomic E-state index is 0.156. The molecule has 42 heavy (non-hydrogen) atoms. The molecule has 0 N–H and O–H groups in total. The highest BCUT2D eigenvalue weighted by Crippen LogP contribution is 2.45. The van der Waals surface area contributed by atoms with Crippen LogP contribution in [0.2, 0.25) is 0 Å². The fourth-order valence-electron chi connectivity index (χ4n) is 7.43. The van der Waals surface area contributed by atoms with Gasteiger partial charge < -0.3 is 14.2 Å². The predicted octanol–water partition coefficient (Wildman–Crippen LogP) is 10.5. The summed E-state index contributed by atoms with van der Waals surface area (Å²) in [6.07, 6.45) is 15.1. The SMILES string of the molecule is CCCC1CCC2CC(OCC3CCC(CO/C(C)=C(F)/C(F)=C(\C)c4ccc(OCC)c(F)c4F)CC3)CCC2C1. The van der Waals surface area contributed by atoms with Crippen LogP contribution in [0.25, 0.3) is 5.57 Å². The maximum atomic E-state index is 14.9. The molecule has 0 amide bonds. The molecule has 0 aromatic heterocycles. The third-order valence-electron chi connectivity index (χ3n) is 10.0. The van der Waals surface area contributed by atoms with Crippen LogP contribution in [0.3, 0.4) is 0 Å². The molecule has 0 heterocycles. The first kappa shape index (κ1) is 32.9. The molecule has 0 bridgehead atoms. The number of allylic oxidation sites excluding steroid dienone is 4. The van der Waals surface area contributed by atoms with Crippen molar-refractivity contribution in [3.63, 3.8) is 0 Å². The molecule has 4 unspecified atom stereocenters. The topological polar surface area (TPSA) is 27.7 Å². The van der Waals surface area contributed by atoms with E-state index in [0.29, 0.717) is 18.6 Å². The van der Waals surface area contributed by atoms with Gasteiger partial charge in [0.25, 0.3) is 0 Å². The van der Waals surface area contributed by atoms with Crippen LogP contribution in [-0.2, 0) is 9.47 Å². The monoisotopic (exact) mass is 594 g/mol. The van der Waals surface area contributed by atoms with Crippen LogP contribution in [0.5, 0.6) is 5.75 Å². The molecule has 0 aliphatic heterocycles. The van der Waals surface area contributed by atoms with E-state index in [0.717, 1.165) is 50.0 Å². The van der Waals surface area contributed by atoms with Gasteiger partial charge in [0.15, 0.2) is 23.2 Å². The number of fused-ring (bicyclic) bond motifs is 1. The van der Waals surface area contributed by atoms with Gasteiger partial charge in [-0.3, -0.25) is 0 Å². The molecule has 236 valence electrons. The summed E-state index contributed by atoms with van der Waals surface area (Å²) in [4.78, 5) is 0. The second-order valence-corrected chi connectivity index (χ2v) is 12.9. The summed E-state index contributed by atoms with van der Waals surface area (Å²) in [7, 11) is 0. The third kappa shape index (κ3) is 8.33. The van der Waals surface area contributed by atoms with Gasteiger partial charge in [-0.05, 0) is 126 Å². The highest BCUT2D eigenvalue weighted by atomic mass is 19.2. The van der Waals surface area contributed by atoms with E-state index >= 15 is 0 Å². The molecule has 0 saturated heterocycles. The zero-order valence-electron chi connectivity index (χ0n) is 26.0. The van der Waals surface area contributed by atoms with Gasteiger partial charge in [-0.25, -0.2) is 13.2 Å². The first-order chi connectivity index (χ1) is 20.2. The molecule has 3 fully saturated rings. The summed E-state index contributed by atoms with van der Waals surface area (Å²) in [5, 5.41) is 0. The molecule has 1 aromatic carbocycles. The highest BCUT2D eigenvalue weighted by Gasteiger charge is 2.36. The second kappa shape index (κ2) is 15.6. The van der Waals surface area contributed by atoms with Crippen LogP contribution in [0.15, 0.2) is 29.5 Å². The molecule has 3 aliphatic rings. The van der Waals surface area contributed by atoms with Crippen molar-refractivity contribution in [3.8, 4) is 5.75 Å². The van der Waals surface area contributed by atoms with E-state index in [-0.39, 0.29) is 35.2 Å². The number of benzene rings is 1. The summed E-state index contributed by atoms with van der Waals surface area (Å²) < 4.78 is 75.6. The first-order valence-corrected chi connectivity index (χ1v) is 16.3. The minimum atomic E-state index is -1.28. The van der Waals surface area contributed by atoms with Crippen molar-refractivity contribution >= 4 is 5.57 Å². The Morgan fingerprint density at radius 3 is 2.10 bits per heavy atom. The van der Waals surface area contributed by atoms with Gasteiger partial charge in [0, 0.05) is 12.2 Å². The zero-order chi connectivity index (χ0) is 30.2. The number of halogens is 4. The Morgan fingerprint density at radius 1 is 0.762 bits per heavy atom. The fourth-order valence-corrected chi connectivity index (χ4v) is 7.43. The van der Waals surface area contributed by atoms with Gasteiger partial charge in [-0.15, -0.1) is 0 Å². The van der Waals surface area contributed by atoms with Gasteiger partial charge in [0.05, 0.1) is 19.3 Å². The number of rotatable bonds is 12. The van der Waals surface area contributed by atoms with Crippen LogP contribution < -0.4 is 4.74 Å². The van der Waals surface area contributed by atoms with E-state index in [1.165, 1.54) is 77.3 Å². The second-order valence-electron chi connectivity index (χ2n) is 12.9. The summed E-state index contributed by atoms with van der Waals surface area (Å²) in [6, 6.07) is 2.40. The van der Waals surface area contributed by atoms with Gasteiger partial charge in [0.2, 0.25) is 5.82 Å². The normalized spacial score (nSPS) is 29.3. The Labute approximate surface area is 250 Å². The molecule has 1 aromatic rings.